The van der Waals surface area contributed by atoms with Gasteiger partial charge < -0.3 is 4.74 Å². The van der Waals surface area contributed by atoms with E-state index in [9.17, 15) is 18.0 Å². The molecule has 3 rings (SSSR count). The largest absolute Gasteiger partial charge is 0.497 e. The monoisotopic (exact) mass is 360 g/mol. The van der Waals surface area contributed by atoms with E-state index in [1.165, 1.54) is 19.2 Å². The predicted molar refractivity (Wildman–Crippen MR) is 90.0 cm³/mol. The van der Waals surface area contributed by atoms with Gasteiger partial charge in [-0.1, -0.05) is 12.1 Å². The van der Waals surface area contributed by atoms with Crippen LogP contribution in [-0.4, -0.2) is 45.3 Å². The van der Waals surface area contributed by atoms with Crippen molar-refractivity contribution >= 4 is 21.8 Å². The molecule has 0 spiro atoms. The Bertz CT molecular complexity index is 887. The minimum atomic E-state index is -3.73. The topological polar surface area (TPSA) is 92.8 Å². The molecular weight excluding hydrogens is 344 g/mol. The molecule has 0 aromatic heterocycles. The van der Waals surface area contributed by atoms with E-state index in [1.54, 1.807) is 36.4 Å². The molecule has 1 aliphatic rings. The van der Waals surface area contributed by atoms with Gasteiger partial charge >= 0.3 is 0 Å². The molecule has 0 bridgehead atoms. The molecule has 2 amide bonds. The van der Waals surface area contributed by atoms with E-state index in [2.05, 4.69) is 4.72 Å². The third kappa shape index (κ3) is 3.26. The number of benzene rings is 2. The Balaban J connectivity index is 1.65. The van der Waals surface area contributed by atoms with E-state index >= 15 is 0 Å². The van der Waals surface area contributed by atoms with Crippen molar-refractivity contribution in [3.63, 3.8) is 0 Å². The van der Waals surface area contributed by atoms with Crippen LogP contribution >= 0.6 is 0 Å². The van der Waals surface area contributed by atoms with Crippen LogP contribution in [-0.2, 0) is 10.0 Å². The van der Waals surface area contributed by atoms with Crippen molar-refractivity contribution in [1.82, 2.24) is 9.62 Å². The Morgan fingerprint density at radius 3 is 2.04 bits per heavy atom. The first kappa shape index (κ1) is 17.1. The van der Waals surface area contributed by atoms with Crippen LogP contribution in [0.2, 0.25) is 0 Å². The lowest BCUT2D eigenvalue weighted by Crippen LogP contribution is -2.38. The summed E-state index contributed by atoms with van der Waals surface area (Å²) in [6.07, 6.45) is 0. The second-order valence-corrected chi connectivity index (χ2v) is 7.15. The molecule has 8 heteroatoms. The zero-order chi connectivity index (χ0) is 18.0. The van der Waals surface area contributed by atoms with Gasteiger partial charge in [-0.25, -0.2) is 13.1 Å². The molecule has 0 fully saturated rings. The van der Waals surface area contributed by atoms with Crippen molar-refractivity contribution in [2.24, 2.45) is 0 Å². The maximum Gasteiger partial charge on any atom is 0.261 e. The SMILES string of the molecule is COc1ccc(S(=O)(=O)NCCN2C(=O)c3ccccc3C2=O)cc1. The minimum Gasteiger partial charge on any atom is -0.497 e. The molecule has 130 valence electrons. The summed E-state index contributed by atoms with van der Waals surface area (Å²) in [6.45, 7) is -0.110. The summed E-state index contributed by atoms with van der Waals surface area (Å²) in [5, 5.41) is 0. The van der Waals surface area contributed by atoms with E-state index in [1.807, 2.05) is 0 Å². The van der Waals surface area contributed by atoms with Gasteiger partial charge in [0.05, 0.1) is 23.1 Å². The Hall–Kier alpha value is -2.71. The van der Waals surface area contributed by atoms with Crippen molar-refractivity contribution in [2.45, 2.75) is 4.90 Å². The average molecular weight is 360 g/mol. The Kier molecular flexibility index (Phi) is 4.56. The molecule has 7 nitrogen and oxygen atoms in total. The van der Waals surface area contributed by atoms with E-state index in [0.717, 1.165) is 4.90 Å². The molecule has 2 aromatic carbocycles. The van der Waals surface area contributed by atoms with Gasteiger partial charge in [0.25, 0.3) is 11.8 Å². The van der Waals surface area contributed by atoms with Crippen molar-refractivity contribution in [1.29, 1.82) is 0 Å². The van der Waals surface area contributed by atoms with Crippen LogP contribution in [0.4, 0.5) is 0 Å². The number of amides is 2. The van der Waals surface area contributed by atoms with Crippen molar-refractivity contribution in [2.75, 3.05) is 20.2 Å². The van der Waals surface area contributed by atoms with Crippen molar-refractivity contribution in [3.8, 4) is 5.75 Å². The lowest BCUT2D eigenvalue weighted by atomic mass is 10.1. The third-order valence-corrected chi connectivity index (χ3v) is 5.35. The molecule has 2 aromatic rings. The number of nitrogens with zero attached hydrogens (tertiary/aromatic N) is 1. The average Bonchev–Trinajstić information content (AvgIpc) is 2.87. The fourth-order valence-electron chi connectivity index (χ4n) is 2.57. The summed E-state index contributed by atoms with van der Waals surface area (Å²) >= 11 is 0. The zero-order valence-electron chi connectivity index (χ0n) is 13.4. The van der Waals surface area contributed by atoms with Crippen LogP contribution in [0.15, 0.2) is 53.4 Å². The van der Waals surface area contributed by atoms with Crippen LogP contribution in [0.25, 0.3) is 0 Å². The molecule has 1 N–H and O–H groups in total. The number of methoxy groups -OCH3 is 1. The van der Waals surface area contributed by atoms with Crippen LogP contribution in [0.5, 0.6) is 5.75 Å². The summed E-state index contributed by atoms with van der Waals surface area (Å²) in [5.41, 5.74) is 0.677. The van der Waals surface area contributed by atoms with Crippen molar-refractivity contribution < 1.29 is 22.7 Å². The Morgan fingerprint density at radius 2 is 1.52 bits per heavy atom. The highest BCUT2D eigenvalue weighted by Gasteiger charge is 2.34. The number of hydrogen-bond acceptors (Lipinski definition) is 5. The van der Waals surface area contributed by atoms with Gasteiger partial charge in [0.15, 0.2) is 0 Å². The number of hydrogen-bond donors (Lipinski definition) is 1. The second kappa shape index (κ2) is 6.66. The lowest BCUT2D eigenvalue weighted by molar-refractivity contribution is 0.0657. The fraction of sp³-hybridized carbons (Fsp3) is 0.176. The first-order chi connectivity index (χ1) is 11.9. The van der Waals surface area contributed by atoms with Crippen LogP contribution < -0.4 is 9.46 Å². The Morgan fingerprint density at radius 1 is 0.960 bits per heavy atom. The molecule has 0 aliphatic carbocycles. The molecule has 1 heterocycles. The standard InChI is InChI=1S/C17H16N2O5S/c1-24-12-6-8-13(9-7-12)25(22,23)18-10-11-19-16(20)14-4-2-3-5-15(14)17(19)21/h2-9,18H,10-11H2,1H3. The second-order valence-electron chi connectivity index (χ2n) is 5.38. The molecule has 0 atom stereocenters. The summed E-state index contributed by atoms with van der Waals surface area (Å²) in [5.74, 6) is -0.279. The molecule has 1 aliphatic heterocycles. The number of carbonyl (C=O) groups excluding carboxylic acids is 2. The summed E-state index contributed by atoms with van der Waals surface area (Å²) in [6, 6.07) is 12.4. The van der Waals surface area contributed by atoms with Crippen LogP contribution in [0.1, 0.15) is 20.7 Å². The highest BCUT2D eigenvalue weighted by atomic mass is 32.2. The van der Waals surface area contributed by atoms with Gasteiger partial charge in [0.2, 0.25) is 10.0 Å². The maximum absolute atomic E-state index is 12.2. The first-order valence-corrected chi connectivity index (χ1v) is 9.01. The number of fused-ring (bicyclic) bond motifs is 1. The van der Waals surface area contributed by atoms with Gasteiger partial charge in [-0.2, -0.15) is 0 Å². The first-order valence-electron chi connectivity index (χ1n) is 7.53. The number of rotatable bonds is 6. The lowest BCUT2D eigenvalue weighted by Gasteiger charge is -2.14. The fourth-order valence-corrected chi connectivity index (χ4v) is 3.59. The normalized spacial score (nSPS) is 13.9. The number of sulfonamides is 1. The number of nitrogens with one attached hydrogen (secondary N) is 1. The summed E-state index contributed by atoms with van der Waals surface area (Å²) in [7, 11) is -2.24. The van der Waals surface area contributed by atoms with Crippen LogP contribution in [0, 0.1) is 0 Å². The third-order valence-electron chi connectivity index (χ3n) is 3.88. The predicted octanol–water partition coefficient (Wildman–Crippen LogP) is 1.27. The molecule has 25 heavy (non-hydrogen) atoms. The van der Waals surface area contributed by atoms with E-state index in [0.29, 0.717) is 16.9 Å². The highest BCUT2D eigenvalue weighted by molar-refractivity contribution is 7.89. The molecule has 0 saturated heterocycles. The minimum absolute atomic E-state index is 0.0399. The van der Waals surface area contributed by atoms with Crippen molar-refractivity contribution in [3.05, 3.63) is 59.7 Å². The van der Waals surface area contributed by atoms with E-state index < -0.39 is 21.8 Å². The summed E-state index contributed by atoms with van der Waals surface area (Å²) in [4.78, 5) is 25.6. The van der Waals surface area contributed by atoms with Crippen LogP contribution in [0.3, 0.4) is 0 Å². The molecule has 0 unspecified atom stereocenters. The van der Waals surface area contributed by atoms with E-state index in [4.69, 9.17) is 4.74 Å². The van der Waals surface area contributed by atoms with Gasteiger partial charge in [-0.15, -0.1) is 0 Å². The number of carbonyl (C=O) groups is 2. The van der Waals surface area contributed by atoms with Gasteiger partial charge in [0, 0.05) is 13.1 Å². The highest BCUT2D eigenvalue weighted by Crippen LogP contribution is 2.22. The maximum atomic E-state index is 12.2. The quantitative estimate of drug-likeness (QED) is 0.783. The summed E-state index contributed by atoms with van der Waals surface area (Å²) < 4.78 is 31.9. The van der Waals surface area contributed by atoms with Gasteiger partial charge in [-0.3, -0.25) is 14.5 Å². The van der Waals surface area contributed by atoms with Gasteiger partial charge in [-0.05, 0) is 36.4 Å². The van der Waals surface area contributed by atoms with E-state index in [-0.39, 0.29) is 18.0 Å². The smallest absolute Gasteiger partial charge is 0.261 e. The zero-order valence-corrected chi connectivity index (χ0v) is 14.2. The molecule has 0 radical (unpaired) electrons. The molecule has 0 saturated carbocycles. The Labute approximate surface area is 145 Å². The number of imide groups is 1. The van der Waals surface area contributed by atoms with Gasteiger partial charge in [0.1, 0.15) is 5.75 Å². The molecular formula is C17H16N2O5S. The number of ether oxygens (including phenoxy) is 1.